The maximum atomic E-state index is 13.9. The minimum atomic E-state index is -4.65. The molecule has 0 spiro atoms. The smallest absolute Gasteiger partial charge is 0.335 e. The SMILES string of the molecule is N[C@@H](CC(=O)N1CCn2c(C(F)(F)F)nc(-c3ccsc3)c2C1)Cc1cc(F)c(F)cc1F. The lowest BCUT2D eigenvalue weighted by atomic mass is 10.0. The molecular formula is C21H18F6N4OS. The van der Waals surface area contributed by atoms with Gasteiger partial charge in [0, 0.05) is 42.6 Å². The number of rotatable bonds is 5. The highest BCUT2D eigenvalue weighted by molar-refractivity contribution is 7.08. The van der Waals surface area contributed by atoms with E-state index in [0.717, 1.165) is 4.57 Å². The summed E-state index contributed by atoms with van der Waals surface area (Å²) in [5.74, 6) is -4.99. The van der Waals surface area contributed by atoms with Crippen LogP contribution in [0.5, 0.6) is 0 Å². The van der Waals surface area contributed by atoms with Crippen LogP contribution in [0.3, 0.4) is 0 Å². The van der Waals surface area contributed by atoms with Crippen molar-refractivity contribution in [2.24, 2.45) is 5.73 Å². The van der Waals surface area contributed by atoms with Gasteiger partial charge in [-0.15, -0.1) is 0 Å². The zero-order valence-electron chi connectivity index (χ0n) is 17.0. The zero-order valence-corrected chi connectivity index (χ0v) is 17.8. The fourth-order valence-corrected chi connectivity index (χ4v) is 4.50. The molecule has 3 aromatic rings. The van der Waals surface area contributed by atoms with Crippen molar-refractivity contribution < 1.29 is 31.1 Å². The van der Waals surface area contributed by atoms with Crippen molar-refractivity contribution >= 4 is 17.2 Å². The van der Waals surface area contributed by atoms with Crippen molar-refractivity contribution in [3.05, 3.63) is 63.5 Å². The van der Waals surface area contributed by atoms with Gasteiger partial charge in [0.1, 0.15) is 5.82 Å². The first-order valence-corrected chi connectivity index (χ1v) is 10.8. The van der Waals surface area contributed by atoms with E-state index in [1.165, 1.54) is 16.2 Å². The minimum absolute atomic E-state index is 0.0145. The molecule has 2 aromatic heterocycles. The lowest BCUT2D eigenvalue weighted by molar-refractivity contribution is -0.148. The lowest BCUT2D eigenvalue weighted by Gasteiger charge is -2.30. The highest BCUT2D eigenvalue weighted by atomic mass is 32.1. The molecule has 1 amide bonds. The van der Waals surface area contributed by atoms with Gasteiger partial charge in [-0.1, -0.05) is 0 Å². The second-order valence-corrected chi connectivity index (χ2v) is 8.51. The van der Waals surface area contributed by atoms with Gasteiger partial charge in [0.05, 0.1) is 17.9 Å². The lowest BCUT2D eigenvalue weighted by Crippen LogP contribution is -2.42. The number of aromatic nitrogens is 2. The first kappa shape index (κ1) is 23.3. The fourth-order valence-electron chi connectivity index (χ4n) is 3.86. The Balaban J connectivity index is 1.51. The van der Waals surface area contributed by atoms with E-state index in [9.17, 15) is 31.1 Å². The van der Waals surface area contributed by atoms with Gasteiger partial charge in [-0.25, -0.2) is 18.2 Å². The molecule has 0 saturated heterocycles. The number of nitrogens with two attached hydrogens (primary N) is 1. The summed E-state index contributed by atoms with van der Waals surface area (Å²) in [6, 6.07) is 1.86. The molecule has 1 atom stereocenters. The van der Waals surface area contributed by atoms with E-state index in [0.29, 0.717) is 17.7 Å². The van der Waals surface area contributed by atoms with Gasteiger partial charge < -0.3 is 15.2 Å². The summed E-state index contributed by atoms with van der Waals surface area (Å²) >= 11 is 1.31. The molecule has 1 aliphatic rings. The van der Waals surface area contributed by atoms with E-state index in [2.05, 4.69) is 4.98 Å². The summed E-state index contributed by atoms with van der Waals surface area (Å²) in [7, 11) is 0. The van der Waals surface area contributed by atoms with Crippen LogP contribution in [-0.4, -0.2) is 32.9 Å². The molecule has 33 heavy (non-hydrogen) atoms. The van der Waals surface area contributed by atoms with Crippen molar-refractivity contribution in [2.75, 3.05) is 6.54 Å². The van der Waals surface area contributed by atoms with Crippen LogP contribution >= 0.6 is 11.3 Å². The number of nitrogens with zero attached hydrogens (tertiary/aromatic N) is 3. The quantitative estimate of drug-likeness (QED) is 0.429. The summed E-state index contributed by atoms with van der Waals surface area (Å²) < 4.78 is 81.9. The molecule has 1 aliphatic heterocycles. The average molecular weight is 488 g/mol. The van der Waals surface area contributed by atoms with Crippen LogP contribution < -0.4 is 5.73 Å². The third-order valence-electron chi connectivity index (χ3n) is 5.42. The average Bonchev–Trinajstić information content (AvgIpc) is 3.38. The molecule has 2 N–H and O–H groups in total. The maximum Gasteiger partial charge on any atom is 0.449 e. The Morgan fingerprint density at radius 2 is 1.88 bits per heavy atom. The zero-order chi connectivity index (χ0) is 23.9. The van der Waals surface area contributed by atoms with Gasteiger partial charge in [0.25, 0.3) is 0 Å². The number of thiophene rings is 1. The van der Waals surface area contributed by atoms with Gasteiger partial charge >= 0.3 is 6.18 Å². The summed E-state index contributed by atoms with van der Waals surface area (Å²) in [6.07, 6.45) is -5.10. The number of halogens is 6. The van der Waals surface area contributed by atoms with Crippen molar-refractivity contribution in [3.63, 3.8) is 0 Å². The molecule has 0 unspecified atom stereocenters. The second kappa shape index (κ2) is 8.82. The summed E-state index contributed by atoms with van der Waals surface area (Å²) in [6.45, 7) is -0.181. The van der Waals surface area contributed by atoms with Crippen LogP contribution in [0.15, 0.2) is 29.0 Å². The number of fused-ring (bicyclic) bond motifs is 1. The molecule has 4 rings (SSSR count). The third-order valence-corrected chi connectivity index (χ3v) is 6.10. The highest BCUT2D eigenvalue weighted by Crippen LogP contribution is 2.36. The molecule has 1 aromatic carbocycles. The van der Waals surface area contributed by atoms with Crippen molar-refractivity contribution in [3.8, 4) is 11.3 Å². The summed E-state index contributed by atoms with van der Waals surface area (Å²) in [5.41, 5.74) is 6.72. The number of hydrogen-bond acceptors (Lipinski definition) is 4. The predicted octanol–water partition coefficient (Wildman–Crippen LogP) is 4.35. The van der Waals surface area contributed by atoms with Crippen LogP contribution in [0.1, 0.15) is 23.5 Å². The Hall–Kier alpha value is -2.86. The van der Waals surface area contributed by atoms with Crippen LogP contribution in [-0.2, 0) is 30.5 Å². The van der Waals surface area contributed by atoms with Crippen LogP contribution in [0.4, 0.5) is 26.3 Å². The Morgan fingerprint density at radius 1 is 1.15 bits per heavy atom. The van der Waals surface area contributed by atoms with Gasteiger partial charge in [0.2, 0.25) is 11.7 Å². The standard InChI is InChI=1S/C21H18F6N4OS/c22-14-8-16(24)15(23)6-12(14)5-13(28)7-18(32)30-2-3-31-17(9-30)19(11-1-4-33-10-11)29-20(31)21(25,26)27/h1,4,6,8,10,13H,2-3,5,7,9,28H2/t13-/m1/s1. The number of imidazole rings is 1. The predicted molar refractivity (Wildman–Crippen MR) is 109 cm³/mol. The first-order valence-electron chi connectivity index (χ1n) is 9.90. The third kappa shape index (κ3) is 4.76. The van der Waals surface area contributed by atoms with Crippen LogP contribution in [0, 0.1) is 17.5 Å². The molecule has 5 nitrogen and oxygen atoms in total. The maximum absolute atomic E-state index is 13.9. The normalized spacial score (nSPS) is 14.9. The Morgan fingerprint density at radius 3 is 2.55 bits per heavy atom. The number of amides is 1. The van der Waals surface area contributed by atoms with E-state index >= 15 is 0 Å². The minimum Gasteiger partial charge on any atom is -0.335 e. The first-order chi connectivity index (χ1) is 15.5. The number of hydrogen-bond donors (Lipinski definition) is 1. The molecule has 176 valence electrons. The van der Waals surface area contributed by atoms with Gasteiger partial charge in [-0.3, -0.25) is 4.79 Å². The molecule has 0 bridgehead atoms. The van der Waals surface area contributed by atoms with Gasteiger partial charge in [0.15, 0.2) is 11.6 Å². The van der Waals surface area contributed by atoms with Crippen LogP contribution in [0.25, 0.3) is 11.3 Å². The highest BCUT2D eigenvalue weighted by Gasteiger charge is 2.40. The Kier molecular flexibility index (Phi) is 6.23. The number of alkyl halides is 3. The molecule has 0 radical (unpaired) electrons. The van der Waals surface area contributed by atoms with Gasteiger partial charge in [-0.2, -0.15) is 24.5 Å². The second-order valence-electron chi connectivity index (χ2n) is 7.73. The van der Waals surface area contributed by atoms with E-state index in [-0.39, 0.29) is 49.4 Å². The molecular weight excluding hydrogens is 470 g/mol. The van der Waals surface area contributed by atoms with Crippen molar-refractivity contribution in [1.29, 1.82) is 0 Å². The molecule has 12 heteroatoms. The molecule has 3 heterocycles. The van der Waals surface area contributed by atoms with E-state index in [4.69, 9.17) is 5.73 Å². The van der Waals surface area contributed by atoms with E-state index in [1.54, 1.807) is 16.8 Å². The molecule has 0 aliphatic carbocycles. The largest absolute Gasteiger partial charge is 0.449 e. The number of carbonyl (C=O) groups excluding carboxylic acids is 1. The molecule has 0 fully saturated rings. The fraction of sp³-hybridized carbons (Fsp3) is 0.333. The Labute approximate surface area is 188 Å². The molecule has 0 saturated carbocycles. The topological polar surface area (TPSA) is 64.2 Å². The van der Waals surface area contributed by atoms with E-state index in [1.807, 2.05) is 0 Å². The monoisotopic (exact) mass is 488 g/mol. The number of benzene rings is 1. The van der Waals surface area contributed by atoms with Crippen molar-refractivity contribution in [1.82, 2.24) is 14.5 Å². The Bertz CT molecular complexity index is 1170. The summed E-state index contributed by atoms with van der Waals surface area (Å²) in [5, 5.41) is 3.40. The van der Waals surface area contributed by atoms with Crippen molar-refractivity contribution in [2.45, 2.75) is 38.1 Å². The van der Waals surface area contributed by atoms with E-state index < -0.39 is 41.4 Å². The number of carbonyl (C=O) groups is 1. The van der Waals surface area contributed by atoms with Crippen LogP contribution in [0.2, 0.25) is 0 Å². The van der Waals surface area contributed by atoms with Gasteiger partial charge in [-0.05, 0) is 29.5 Å². The summed E-state index contributed by atoms with van der Waals surface area (Å²) in [4.78, 5) is 18.0.